The van der Waals surface area contributed by atoms with Crippen molar-refractivity contribution in [3.8, 4) is 5.69 Å². The van der Waals surface area contributed by atoms with Gasteiger partial charge in [0, 0.05) is 30.2 Å². The number of hydrogen-bond donors (Lipinski definition) is 0. The summed E-state index contributed by atoms with van der Waals surface area (Å²) in [6.07, 6.45) is -0.826. The van der Waals surface area contributed by atoms with Crippen molar-refractivity contribution in [3.63, 3.8) is 0 Å². The first-order valence-electron chi connectivity index (χ1n) is 9.77. The molecule has 0 amide bonds. The molecule has 0 saturated carbocycles. The van der Waals surface area contributed by atoms with Crippen LogP contribution in [0, 0.1) is 13.8 Å². The lowest BCUT2D eigenvalue weighted by Gasteiger charge is -2.10. The Morgan fingerprint density at radius 1 is 1.12 bits per heavy atom. The van der Waals surface area contributed by atoms with Crippen LogP contribution in [0.2, 0.25) is 0 Å². The number of halogens is 3. The van der Waals surface area contributed by atoms with Gasteiger partial charge in [0.15, 0.2) is 0 Å². The molecule has 0 aliphatic rings. The molecule has 166 valence electrons. The van der Waals surface area contributed by atoms with E-state index < -0.39 is 18.0 Å². The van der Waals surface area contributed by atoms with Gasteiger partial charge < -0.3 is 4.74 Å². The molecule has 0 aliphatic carbocycles. The van der Waals surface area contributed by atoms with E-state index in [0.717, 1.165) is 15.8 Å². The molecular weight excluding hydrogens is 425 g/mol. The summed E-state index contributed by atoms with van der Waals surface area (Å²) >= 11 is 0. The van der Waals surface area contributed by atoms with Gasteiger partial charge in [0.25, 0.3) is 11.6 Å². The molecule has 0 unspecified atom stereocenters. The summed E-state index contributed by atoms with van der Waals surface area (Å²) in [5.41, 5.74) is 3.31. The number of hydrogen-bond acceptors (Lipinski definition) is 6. The van der Waals surface area contributed by atoms with Gasteiger partial charge in [0.05, 0.1) is 5.69 Å². The third-order valence-electron chi connectivity index (χ3n) is 4.99. The molecule has 3 aromatic heterocycles. The minimum absolute atomic E-state index is 0.0566. The molecule has 32 heavy (non-hydrogen) atoms. The van der Waals surface area contributed by atoms with Crippen molar-refractivity contribution in [3.05, 3.63) is 71.1 Å². The second-order valence-electron chi connectivity index (χ2n) is 7.18. The molecular formula is C21H19F3N6O2. The highest BCUT2D eigenvalue weighted by atomic mass is 19.4. The minimum atomic E-state index is -4.66. The largest absolute Gasteiger partial charge is 0.461 e. The lowest BCUT2D eigenvalue weighted by Crippen LogP contribution is -2.11. The molecule has 0 atom stereocenters. The maximum absolute atomic E-state index is 12.9. The van der Waals surface area contributed by atoms with Gasteiger partial charge in [-0.1, -0.05) is 12.1 Å². The summed E-state index contributed by atoms with van der Waals surface area (Å²) in [5.74, 6) is -1.80. The molecule has 8 nitrogen and oxygen atoms in total. The molecule has 0 bridgehead atoms. The van der Waals surface area contributed by atoms with E-state index in [-0.39, 0.29) is 25.2 Å². The van der Waals surface area contributed by atoms with Crippen LogP contribution in [0.25, 0.3) is 11.5 Å². The third-order valence-corrected chi connectivity index (χ3v) is 4.99. The predicted octanol–water partition coefficient (Wildman–Crippen LogP) is 3.62. The Bertz CT molecular complexity index is 1250. The fourth-order valence-corrected chi connectivity index (χ4v) is 3.32. The Hall–Kier alpha value is -3.76. The Labute approximate surface area is 180 Å². The maximum Gasteiger partial charge on any atom is 0.453 e. The average Bonchev–Trinajstić information content (AvgIpc) is 3.42. The van der Waals surface area contributed by atoms with Gasteiger partial charge in [-0.15, -0.1) is 5.10 Å². The summed E-state index contributed by atoms with van der Waals surface area (Å²) in [6.45, 7) is 3.40. The average molecular weight is 444 g/mol. The number of benzene rings is 1. The molecule has 3 heterocycles. The Kier molecular flexibility index (Phi) is 5.64. The topological polar surface area (TPSA) is 87.2 Å². The van der Waals surface area contributed by atoms with Gasteiger partial charge in [-0.3, -0.25) is 4.79 Å². The first-order chi connectivity index (χ1) is 15.2. The van der Waals surface area contributed by atoms with E-state index in [1.807, 2.05) is 36.5 Å². The molecule has 4 aromatic rings. The molecule has 0 saturated heterocycles. The summed E-state index contributed by atoms with van der Waals surface area (Å²) in [4.78, 5) is 19.8. The van der Waals surface area contributed by atoms with Gasteiger partial charge in [0.2, 0.25) is 0 Å². The van der Waals surface area contributed by atoms with Crippen molar-refractivity contribution in [2.24, 2.45) is 0 Å². The number of carbonyl (C=O) groups is 1. The molecule has 0 spiro atoms. The molecule has 4 rings (SSSR count). The summed E-state index contributed by atoms with van der Waals surface area (Å²) in [5, 5.41) is 7.66. The second-order valence-corrected chi connectivity index (χ2v) is 7.18. The number of rotatable bonds is 6. The fourth-order valence-electron chi connectivity index (χ4n) is 3.32. The number of esters is 1. The smallest absolute Gasteiger partial charge is 0.453 e. The van der Waals surface area contributed by atoms with Gasteiger partial charge in [0.1, 0.15) is 6.61 Å². The van der Waals surface area contributed by atoms with Crippen molar-refractivity contribution in [2.75, 3.05) is 0 Å². The van der Waals surface area contributed by atoms with Crippen LogP contribution in [0.15, 0.2) is 42.7 Å². The summed E-state index contributed by atoms with van der Waals surface area (Å²) < 4.78 is 46.8. The Balaban J connectivity index is 1.38. The van der Waals surface area contributed by atoms with Crippen LogP contribution in [0.4, 0.5) is 13.2 Å². The lowest BCUT2D eigenvalue weighted by molar-refractivity contribution is -0.145. The molecule has 11 heteroatoms. The molecule has 0 aliphatic heterocycles. The Morgan fingerprint density at radius 2 is 1.88 bits per heavy atom. The SMILES string of the molecule is Cc1nc2nc(C(F)(F)F)nn2c(C)c1CCC(=O)OCc1ccc(-n2cccn2)cc1. The fraction of sp³-hybridized carbons (Fsp3) is 0.286. The quantitative estimate of drug-likeness (QED) is 0.422. The van der Waals surface area contributed by atoms with Crippen LogP contribution in [0.5, 0.6) is 0 Å². The highest BCUT2D eigenvalue weighted by Gasteiger charge is 2.37. The molecule has 0 fully saturated rings. The van der Waals surface area contributed by atoms with Crippen molar-refractivity contribution < 1.29 is 22.7 Å². The Morgan fingerprint density at radius 3 is 2.53 bits per heavy atom. The zero-order valence-corrected chi connectivity index (χ0v) is 17.3. The van der Waals surface area contributed by atoms with E-state index in [0.29, 0.717) is 17.0 Å². The molecule has 0 radical (unpaired) electrons. The zero-order valence-electron chi connectivity index (χ0n) is 17.3. The van der Waals surface area contributed by atoms with Crippen molar-refractivity contribution >= 4 is 11.7 Å². The molecule has 1 aromatic carbocycles. The van der Waals surface area contributed by atoms with Gasteiger partial charge in [-0.05, 0) is 49.6 Å². The first-order valence-corrected chi connectivity index (χ1v) is 9.77. The van der Waals surface area contributed by atoms with E-state index in [1.54, 1.807) is 24.7 Å². The predicted molar refractivity (Wildman–Crippen MR) is 107 cm³/mol. The lowest BCUT2D eigenvalue weighted by atomic mass is 10.1. The van der Waals surface area contributed by atoms with Crippen molar-refractivity contribution in [2.45, 2.75) is 39.5 Å². The maximum atomic E-state index is 12.9. The van der Waals surface area contributed by atoms with E-state index in [2.05, 4.69) is 20.2 Å². The zero-order chi connectivity index (χ0) is 22.9. The van der Waals surface area contributed by atoms with E-state index in [4.69, 9.17) is 4.74 Å². The monoisotopic (exact) mass is 444 g/mol. The number of nitrogens with zero attached hydrogens (tertiary/aromatic N) is 6. The number of carbonyl (C=O) groups excluding carboxylic acids is 1. The minimum Gasteiger partial charge on any atom is -0.461 e. The summed E-state index contributed by atoms with van der Waals surface area (Å²) in [6, 6.07) is 9.26. The van der Waals surface area contributed by atoms with Crippen LogP contribution in [-0.4, -0.2) is 35.3 Å². The second kappa shape index (κ2) is 8.40. The van der Waals surface area contributed by atoms with Crippen LogP contribution in [-0.2, 0) is 28.7 Å². The van der Waals surface area contributed by atoms with E-state index >= 15 is 0 Å². The van der Waals surface area contributed by atoms with Gasteiger partial charge in [-0.2, -0.15) is 23.3 Å². The highest BCUT2D eigenvalue weighted by molar-refractivity contribution is 5.69. The van der Waals surface area contributed by atoms with Crippen molar-refractivity contribution in [1.29, 1.82) is 0 Å². The van der Waals surface area contributed by atoms with E-state index in [1.165, 1.54) is 0 Å². The molecule has 0 N–H and O–H groups in total. The van der Waals surface area contributed by atoms with Crippen LogP contribution >= 0.6 is 0 Å². The number of aryl methyl sites for hydroxylation is 2. The number of aromatic nitrogens is 6. The van der Waals surface area contributed by atoms with Crippen molar-refractivity contribution in [1.82, 2.24) is 29.4 Å². The third kappa shape index (κ3) is 4.46. The van der Waals surface area contributed by atoms with Crippen LogP contribution in [0.3, 0.4) is 0 Å². The highest BCUT2D eigenvalue weighted by Crippen LogP contribution is 2.27. The number of fused-ring (bicyclic) bond motifs is 1. The van der Waals surface area contributed by atoms with E-state index in [9.17, 15) is 18.0 Å². The van der Waals surface area contributed by atoms with Gasteiger partial charge in [-0.25, -0.2) is 14.2 Å². The normalized spacial score (nSPS) is 11.8. The summed E-state index contributed by atoms with van der Waals surface area (Å²) in [7, 11) is 0. The number of alkyl halides is 3. The number of ether oxygens (including phenoxy) is 1. The first kappa shape index (κ1) is 21.5. The van der Waals surface area contributed by atoms with Crippen LogP contribution < -0.4 is 0 Å². The van der Waals surface area contributed by atoms with Gasteiger partial charge >= 0.3 is 12.1 Å². The standard InChI is InChI=1S/C21H19F3N6O2/c1-13-17(14(2)30-20(26-13)27-19(28-30)21(22,23)24)8-9-18(31)32-12-15-4-6-16(7-5-15)29-11-3-10-25-29/h3-7,10-11H,8-9,12H2,1-2H3. The van der Waals surface area contributed by atoms with Crippen LogP contribution in [0.1, 0.15) is 34.8 Å².